The first kappa shape index (κ1) is 11.4. The van der Waals surface area contributed by atoms with Crippen LogP contribution in [0.1, 0.15) is 26.7 Å². The number of rotatable bonds is 3. The number of hydrogen-bond donors (Lipinski definition) is 1. The molecule has 0 amide bonds. The van der Waals surface area contributed by atoms with Gasteiger partial charge in [0, 0.05) is 25.7 Å². The zero-order valence-electron chi connectivity index (χ0n) is 10.0. The van der Waals surface area contributed by atoms with Crippen molar-refractivity contribution in [2.24, 2.45) is 5.92 Å². The molecule has 0 aromatic carbocycles. The van der Waals surface area contributed by atoms with E-state index in [0.29, 0.717) is 12.1 Å². The lowest BCUT2D eigenvalue weighted by atomic mass is 10.1. The van der Waals surface area contributed by atoms with Crippen molar-refractivity contribution < 1.29 is 4.74 Å². The summed E-state index contributed by atoms with van der Waals surface area (Å²) in [6, 6.07) is 0.578. The Labute approximate surface area is 93.2 Å². The van der Waals surface area contributed by atoms with Gasteiger partial charge >= 0.3 is 0 Å². The fourth-order valence-electron chi connectivity index (χ4n) is 2.70. The van der Waals surface area contributed by atoms with E-state index in [1.54, 1.807) is 0 Å². The predicted molar refractivity (Wildman–Crippen MR) is 62.0 cm³/mol. The third kappa shape index (κ3) is 2.71. The average molecular weight is 212 g/mol. The summed E-state index contributed by atoms with van der Waals surface area (Å²) in [6.45, 7) is 10.1. The average Bonchev–Trinajstić information content (AvgIpc) is 2.78. The minimum atomic E-state index is 0.398. The quantitative estimate of drug-likeness (QED) is 0.758. The summed E-state index contributed by atoms with van der Waals surface area (Å²) in [6.07, 6.45) is 3.10. The van der Waals surface area contributed by atoms with Crippen LogP contribution < -0.4 is 5.32 Å². The number of nitrogens with one attached hydrogen (secondary N) is 1. The number of likely N-dealkylation sites (tertiary alicyclic amines) is 1. The third-order valence-corrected chi connectivity index (χ3v) is 3.96. The summed E-state index contributed by atoms with van der Waals surface area (Å²) in [5.41, 5.74) is 0. The van der Waals surface area contributed by atoms with Crippen molar-refractivity contribution in [3.8, 4) is 0 Å². The maximum atomic E-state index is 5.82. The van der Waals surface area contributed by atoms with Crippen LogP contribution in [0.2, 0.25) is 0 Å². The van der Waals surface area contributed by atoms with Crippen molar-refractivity contribution in [1.29, 1.82) is 0 Å². The van der Waals surface area contributed by atoms with Crippen molar-refractivity contribution in [1.82, 2.24) is 10.2 Å². The van der Waals surface area contributed by atoms with Crippen LogP contribution >= 0.6 is 0 Å². The van der Waals surface area contributed by atoms with E-state index in [-0.39, 0.29) is 0 Å². The second-order valence-electron chi connectivity index (χ2n) is 4.91. The lowest BCUT2D eigenvalue weighted by Gasteiger charge is -2.34. The molecule has 0 spiro atoms. The molecule has 3 nitrogen and oxygen atoms in total. The SMILES string of the molecule is CCC1CCN(C(C)C2CNCCO2)C1. The van der Waals surface area contributed by atoms with Crippen LogP contribution in [0.4, 0.5) is 0 Å². The normalized spacial score (nSPS) is 35.6. The van der Waals surface area contributed by atoms with Crippen molar-refractivity contribution in [3.05, 3.63) is 0 Å². The van der Waals surface area contributed by atoms with Gasteiger partial charge in [0.05, 0.1) is 12.7 Å². The predicted octanol–water partition coefficient (Wildman–Crippen LogP) is 1.10. The molecule has 3 unspecified atom stereocenters. The fraction of sp³-hybridized carbons (Fsp3) is 1.00. The molecular formula is C12H24N2O. The Morgan fingerprint density at radius 2 is 2.40 bits per heavy atom. The lowest BCUT2D eigenvalue weighted by molar-refractivity contribution is -0.0214. The molecule has 2 aliphatic rings. The minimum Gasteiger partial charge on any atom is -0.374 e. The first-order chi connectivity index (χ1) is 7.31. The van der Waals surface area contributed by atoms with Crippen LogP contribution in [0.25, 0.3) is 0 Å². The zero-order valence-corrected chi connectivity index (χ0v) is 10.0. The van der Waals surface area contributed by atoms with E-state index in [1.807, 2.05) is 0 Å². The smallest absolute Gasteiger partial charge is 0.0852 e. The summed E-state index contributed by atoms with van der Waals surface area (Å²) in [5.74, 6) is 0.920. The summed E-state index contributed by atoms with van der Waals surface area (Å²) in [5, 5.41) is 3.41. The largest absolute Gasteiger partial charge is 0.374 e. The van der Waals surface area contributed by atoms with Gasteiger partial charge in [-0.3, -0.25) is 4.90 Å². The molecule has 2 heterocycles. The Morgan fingerprint density at radius 1 is 1.53 bits per heavy atom. The first-order valence-corrected chi connectivity index (χ1v) is 6.37. The van der Waals surface area contributed by atoms with Gasteiger partial charge in [-0.2, -0.15) is 0 Å². The van der Waals surface area contributed by atoms with Gasteiger partial charge in [0.15, 0.2) is 0 Å². The molecule has 88 valence electrons. The topological polar surface area (TPSA) is 24.5 Å². The van der Waals surface area contributed by atoms with Gasteiger partial charge in [-0.05, 0) is 25.8 Å². The van der Waals surface area contributed by atoms with Crippen molar-refractivity contribution in [2.75, 3.05) is 32.8 Å². The molecule has 2 aliphatic heterocycles. The zero-order chi connectivity index (χ0) is 10.7. The second-order valence-corrected chi connectivity index (χ2v) is 4.91. The van der Waals surface area contributed by atoms with Gasteiger partial charge in [0.25, 0.3) is 0 Å². The van der Waals surface area contributed by atoms with Gasteiger partial charge < -0.3 is 10.1 Å². The van der Waals surface area contributed by atoms with E-state index in [2.05, 4.69) is 24.1 Å². The summed E-state index contributed by atoms with van der Waals surface area (Å²) >= 11 is 0. The number of nitrogens with zero attached hydrogens (tertiary/aromatic N) is 1. The van der Waals surface area contributed by atoms with Crippen LogP contribution in [-0.2, 0) is 4.74 Å². The van der Waals surface area contributed by atoms with E-state index in [9.17, 15) is 0 Å². The second kappa shape index (κ2) is 5.28. The molecule has 15 heavy (non-hydrogen) atoms. The Hall–Kier alpha value is -0.120. The van der Waals surface area contributed by atoms with Gasteiger partial charge in [-0.15, -0.1) is 0 Å². The number of ether oxygens (including phenoxy) is 1. The molecule has 0 radical (unpaired) electrons. The summed E-state index contributed by atoms with van der Waals surface area (Å²) in [7, 11) is 0. The molecule has 2 saturated heterocycles. The van der Waals surface area contributed by atoms with Crippen LogP contribution in [0.5, 0.6) is 0 Å². The molecule has 3 heteroatoms. The maximum Gasteiger partial charge on any atom is 0.0852 e. The monoisotopic (exact) mass is 212 g/mol. The first-order valence-electron chi connectivity index (χ1n) is 6.37. The van der Waals surface area contributed by atoms with Crippen LogP contribution in [-0.4, -0.2) is 49.8 Å². The van der Waals surface area contributed by atoms with E-state index >= 15 is 0 Å². The van der Waals surface area contributed by atoms with Gasteiger partial charge in [0.2, 0.25) is 0 Å². The van der Waals surface area contributed by atoms with Crippen molar-refractivity contribution >= 4 is 0 Å². The Balaban J connectivity index is 1.82. The molecule has 2 fully saturated rings. The molecule has 0 bridgehead atoms. The number of morpholine rings is 1. The van der Waals surface area contributed by atoms with Crippen molar-refractivity contribution in [3.63, 3.8) is 0 Å². The molecular weight excluding hydrogens is 188 g/mol. The number of hydrogen-bond acceptors (Lipinski definition) is 3. The van der Waals surface area contributed by atoms with Crippen LogP contribution in [0.15, 0.2) is 0 Å². The lowest BCUT2D eigenvalue weighted by Crippen LogP contribution is -2.50. The van der Waals surface area contributed by atoms with Gasteiger partial charge in [-0.1, -0.05) is 13.3 Å². The minimum absolute atomic E-state index is 0.398. The maximum absolute atomic E-state index is 5.82. The molecule has 2 rings (SSSR count). The van der Waals surface area contributed by atoms with E-state index in [4.69, 9.17) is 4.74 Å². The highest BCUT2D eigenvalue weighted by atomic mass is 16.5. The molecule has 0 aliphatic carbocycles. The molecule has 0 aromatic heterocycles. The third-order valence-electron chi connectivity index (χ3n) is 3.96. The Kier molecular flexibility index (Phi) is 4.00. The molecule has 3 atom stereocenters. The van der Waals surface area contributed by atoms with Crippen LogP contribution in [0.3, 0.4) is 0 Å². The highest BCUT2D eigenvalue weighted by Crippen LogP contribution is 2.23. The Morgan fingerprint density at radius 3 is 3.00 bits per heavy atom. The van der Waals surface area contributed by atoms with Crippen molar-refractivity contribution in [2.45, 2.75) is 38.8 Å². The molecule has 0 aromatic rings. The molecule has 0 saturated carbocycles. The highest BCUT2D eigenvalue weighted by molar-refractivity contribution is 4.85. The summed E-state index contributed by atoms with van der Waals surface area (Å²) in [4.78, 5) is 2.60. The fourth-order valence-corrected chi connectivity index (χ4v) is 2.70. The van der Waals surface area contributed by atoms with Crippen LogP contribution in [0, 0.1) is 5.92 Å². The van der Waals surface area contributed by atoms with E-state index in [1.165, 1.54) is 25.9 Å². The van der Waals surface area contributed by atoms with E-state index in [0.717, 1.165) is 25.6 Å². The van der Waals surface area contributed by atoms with E-state index < -0.39 is 0 Å². The highest BCUT2D eigenvalue weighted by Gasteiger charge is 2.30. The Bertz CT molecular complexity index is 192. The van der Waals surface area contributed by atoms with Gasteiger partial charge in [-0.25, -0.2) is 0 Å². The van der Waals surface area contributed by atoms with Gasteiger partial charge in [0.1, 0.15) is 0 Å². The standard InChI is InChI=1S/C12H24N2O/c1-3-11-4-6-14(9-11)10(2)12-8-13-5-7-15-12/h10-13H,3-9H2,1-2H3. The summed E-state index contributed by atoms with van der Waals surface area (Å²) < 4.78 is 5.82. The molecule has 1 N–H and O–H groups in total.